The molecule has 0 radical (unpaired) electrons. The Bertz CT molecular complexity index is 485. The lowest BCUT2D eigenvalue weighted by molar-refractivity contribution is -0.116. The molecule has 0 bridgehead atoms. The van der Waals surface area contributed by atoms with E-state index in [9.17, 15) is 13.6 Å². The molecule has 0 heterocycles. The molecule has 0 aliphatic heterocycles. The topological polar surface area (TPSA) is 38.3 Å². The van der Waals surface area contributed by atoms with Gasteiger partial charge in [0.05, 0.1) is 12.7 Å². The van der Waals surface area contributed by atoms with Crippen molar-refractivity contribution in [3.8, 4) is 5.75 Å². The Hall–Kier alpha value is -1.91. The quantitative estimate of drug-likeness (QED) is 0.812. The molecule has 0 saturated heterocycles. The molecule has 1 rings (SSSR count). The molecular formula is C15H19F2NO2. The molecule has 0 saturated carbocycles. The van der Waals surface area contributed by atoms with Crippen LogP contribution in [0.15, 0.2) is 24.3 Å². The fourth-order valence-corrected chi connectivity index (χ4v) is 1.56. The van der Waals surface area contributed by atoms with Crippen molar-refractivity contribution in [3.63, 3.8) is 0 Å². The van der Waals surface area contributed by atoms with E-state index in [1.165, 1.54) is 31.4 Å². The van der Waals surface area contributed by atoms with Crippen molar-refractivity contribution in [3.05, 3.63) is 35.4 Å². The third-order valence-electron chi connectivity index (χ3n) is 2.60. The predicted molar refractivity (Wildman–Crippen MR) is 74.8 cm³/mol. The van der Waals surface area contributed by atoms with E-state index in [0.29, 0.717) is 18.0 Å². The summed E-state index contributed by atoms with van der Waals surface area (Å²) in [6.45, 7) is 4.55. The highest BCUT2D eigenvalue weighted by molar-refractivity contribution is 5.91. The summed E-state index contributed by atoms with van der Waals surface area (Å²) in [6.07, 6.45) is 0.216. The Morgan fingerprint density at radius 3 is 2.65 bits per heavy atom. The third kappa shape index (κ3) is 4.99. The normalized spacial score (nSPS) is 11.3. The van der Waals surface area contributed by atoms with Gasteiger partial charge >= 0.3 is 0 Å². The SMILES string of the molecule is COc1ccc(C=CC(=O)NCC(C)C)cc1C(F)F. The number of methoxy groups -OCH3 is 1. The number of alkyl halides is 2. The maximum absolute atomic E-state index is 12.8. The van der Waals surface area contributed by atoms with Gasteiger partial charge in [-0.2, -0.15) is 0 Å². The van der Waals surface area contributed by atoms with Gasteiger partial charge < -0.3 is 10.1 Å². The van der Waals surface area contributed by atoms with Crippen LogP contribution in [0.1, 0.15) is 31.4 Å². The van der Waals surface area contributed by atoms with Gasteiger partial charge in [-0.3, -0.25) is 4.79 Å². The number of ether oxygens (including phenoxy) is 1. The second-order valence-corrected chi connectivity index (χ2v) is 4.77. The fraction of sp³-hybridized carbons (Fsp3) is 0.400. The zero-order valence-electron chi connectivity index (χ0n) is 11.8. The van der Waals surface area contributed by atoms with Crippen molar-refractivity contribution in [2.75, 3.05) is 13.7 Å². The molecule has 0 unspecified atom stereocenters. The van der Waals surface area contributed by atoms with E-state index in [0.717, 1.165) is 0 Å². The summed E-state index contributed by atoms with van der Waals surface area (Å²) in [6, 6.07) is 4.40. The predicted octanol–water partition coefficient (Wildman–Crippen LogP) is 3.42. The molecule has 1 aromatic carbocycles. The minimum Gasteiger partial charge on any atom is -0.496 e. The number of hydrogen-bond donors (Lipinski definition) is 1. The number of halogens is 2. The lowest BCUT2D eigenvalue weighted by atomic mass is 10.1. The fourth-order valence-electron chi connectivity index (χ4n) is 1.56. The largest absolute Gasteiger partial charge is 0.496 e. The molecule has 0 atom stereocenters. The second-order valence-electron chi connectivity index (χ2n) is 4.77. The first-order valence-corrected chi connectivity index (χ1v) is 6.36. The van der Waals surface area contributed by atoms with Crippen LogP contribution < -0.4 is 10.1 Å². The van der Waals surface area contributed by atoms with Gasteiger partial charge in [-0.1, -0.05) is 19.9 Å². The highest BCUT2D eigenvalue weighted by Crippen LogP contribution is 2.29. The Morgan fingerprint density at radius 2 is 2.10 bits per heavy atom. The van der Waals surface area contributed by atoms with Crippen LogP contribution in [0.3, 0.4) is 0 Å². The minimum absolute atomic E-state index is 0.140. The number of benzene rings is 1. The van der Waals surface area contributed by atoms with Crippen LogP contribution in [0.25, 0.3) is 6.08 Å². The highest BCUT2D eigenvalue weighted by atomic mass is 19.3. The van der Waals surface area contributed by atoms with Crippen molar-refractivity contribution in [2.45, 2.75) is 20.3 Å². The maximum atomic E-state index is 12.8. The summed E-state index contributed by atoms with van der Waals surface area (Å²) >= 11 is 0. The Balaban J connectivity index is 2.77. The molecular weight excluding hydrogens is 264 g/mol. The Kier molecular flexibility index (Phi) is 6.15. The first kappa shape index (κ1) is 16.1. The standard InChI is InChI=1S/C15H19F2NO2/c1-10(2)9-18-14(19)7-5-11-4-6-13(20-3)12(8-11)15(16)17/h4-8,10,15H,9H2,1-3H3,(H,18,19). The van der Waals surface area contributed by atoms with Gasteiger partial charge in [0.25, 0.3) is 6.43 Å². The monoisotopic (exact) mass is 283 g/mol. The molecule has 110 valence electrons. The van der Waals surface area contributed by atoms with Gasteiger partial charge in [0.2, 0.25) is 5.91 Å². The third-order valence-corrected chi connectivity index (χ3v) is 2.60. The van der Waals surface area contributed by atoms with Crippen LogP contribution in [0.2, 0.25) is 0 Å². The van der Waals surface area contributed by atoms with Crippen molar-refractivity contribution in [1.29, 1.82) is 0 Å². The molecule has 20 heavy (non-hydrogen) atoms. The molecule has 3 nitrogen and oxygen atoms in total. The van der Waals surface area contributed by atoms with Gasteiger partial charge in [0, 0.05) is 12.6 Å². The molecule has 0 aromatic heterocycles. The minimum atomic E-state index is -2.62. The lowest BCUT2D eigenvalue weighted by Gasteiger charge is -2.08. The van der Waals surface area contributed by atoms with E-state index in [1.54, 1.807) is 6.07 Å². The highest BCUT2D eigenvalue weighted by Gasteiger charge is 2.13. The van der Waals surface area contributed by atoms with Crippen LogP contribution >= 0.6 is 0 Å². The first-order chi connectivity index (χ1) is 9.43. The number of rotatable bonds is 6. The summed E-state index contributed by atoms with van der Waals surface area (Å²) in [5.41, 5.74) is 0.345. The first-order valence-electron chi connectivity index (χ1n) is 6.36. The van der Waals surface area contributed by atoms with E-state index < -0.39 is 6.43 Å². The zero-order chi connectivity index (χ0) is 15.1. The van der Waals surface area contributed by atoms with Gasteiger partial charge in [0.1, 0.15) is 5.75 Å². The molecule has 5 heteroatoms. The van der Waals surface area contributed by atoms with E-state index in [-0.39, 0.29) is 17.2 Å². The summed E-state index contributed by atoms with van der Waals surface area (Å²) in [5.74, 6) is 0.258. The zero-order valence-corrected chi connectivity index (χ0v) is 11.8. The summed E-state index contributed by atoms with van der Waals surface area (Å²) in [4.78, 5) is 11.5. The molecule has 1 aromatic rings. The second kappa shape index (κ2) is 7.62. The van der Waals surface area contributed by atoms with Gasteiger partial charge in [-0.05, 0) is 29.7 Å². The summed E-state index contributed by atoms with van der Waals surface area (Å²) in [5, 5.41) is 2.71. The van der Waals surface area contributed by atoms with Crippen LogP contribution in [0.5, 0.6) is 5.75 Å². The van der Waals surface area contributed by atoms with E-state index in [4.69, 9.17) is 4.74 Å². The average Bonchev–Trinajstić information content (AvgIpc) is 2.42. The smallest absolute Gasteiger partial charge is 0.267 e. The van der Waals surface area contributed by atoms with E-state index in [1.807, 2.05) is 13.8 Å². The van der Waals surface area contributed by atoms with Crippen molar-refractivity contribution in [1.82, 2.24) is 5.32 Å². The molecule has 1 N–H and O–H groups in total. The number of amides is 1. The summed E-state index contributed by atoms with van der Waals surface area (Å²) in [7, 11) is 1.34. The molecule has 0 fully saturated rings. The van der Waals surface area contributed by atoms with E-state index >= 15 is 0 Å². The van der Waals surface area contributed by atoms with Crippen LogP contribution in [-0.4, -0.2) is 19.6 Å². The van der Waals surface area contributed by atoms with Crippen molar-refractivity contribution in [2.24, 2.45) is 5.92 Å². The van der Waals surface area contributed by atoms with Crippen LogP contribution in [0.4, 0.5) is 8.78 Å². The number of hydrogen-bond acceptors (Lipinski definition) is 2. The maximum Gasteiger partial charge on any atom is 0.267 e. The van der Waals surface area contributed by atoms with Gasteiger partial charge in [0.15, 0.2) is 0 Å². The number of carbonyl (C=O) groups is 1. The summed E-state index contributed by atoms with van der Waals surface area (Å²) < 4.78 is 30.5. The molecule has 0 spiro atoms. The Morgan fingerprint density at radius 1 is 1.40 bits per heavy atom. The molecule has 1 amide bonds. The van der Waals surface area contributed by atoms with Crippen molar-refractivity contribution < 1.29 is 18.3 Å². The van der Waals surface area contributed by atoms with Crippen molar-refractivity contribution >= 4 is 12.0 Å². The van der Waals surface area contributed by atoms with Gasteiger partial charge in [-0.25, -0.2) is 8.78 Å². The molecule has 0 aliphatic rings. The number of carbonyl (C=O) groups excluding carboxylic acids is 1. The van der Waals surface area contributed by atoms with Crippen LogP contribution in [-0.2, 0) is 4.79 Å². The number of nitrogens with one attached hydrogen (secondary N) is 1. The van der Waals surface area contributed by atoms with Crippen LogP contribution in [0, 0.1) is 5.92 Å². The Labute approximate surface area is 117 Å². The van der Waals surface area contributed by atoms with Gasteiger partial charge in [-0.15, -0.1) is 0 Å². The lowest BCUT2D eigenvalue weighted by Crippen LogP contribution is -2.25. The average molecular weight is 283 g/mol. The van der Waals surface area contributed by atoms with E-state index in [2.05, 4.69) is 5.32 Å². The molecule has 0 aliphatic carbocycles.